The van der Waals surface area contributed by atoms with Gasteiger partial charge in [-0.25, -0.2) is 0 Å². The third-order valence-electron chi connectivity index (χ3n) is 2.83. The predicted octanol–water partition coefficient (Wildman–Crippen LogP) is 2.60. The zero-order chi connectivity index (χ0) is 11.4. The fourth-order valence-corrected chi connectivity index (χ4v) is 2.12. The number of nitrogens with one attached hydrogen (secondary N) is 1. The van der Waals surface area contributed by atoms with Crippen molar-refractivity contribution in [1.82, 2.24) is 10.2 Å². The van der Waals surface area contributed by atoms with Gasteiger partial charge in [-0.15, -0.1) is 24.8 Å². The Morgan fingerprint density at radius 2 is 1.94 bits per heavy atom. The first-order valence-corrected chi connectivity index (χ1v) is 5.93. The number of hydrogen-bond acceptors (Lipinski definition) is 3. The van der Waals surface area contributed by atoms with Gasteiger partial charge in [0, 0.05) is 32.7 Å². The molecule has 3 nitrogen and oxygen atoms in total. The fourth-order valence-electron chi connectivity index (χ4n) is 1.93. The van der Waals surface area contributed by atoms with E-state index in [2.05, 4.69) is 16.3 Å². The van der Waals surface area contributed by atoms with Crippen LogP contribution in [0.4, 0.5) is 0 Å². The minimum Gasteiger partial charge on any atom is -0.495 e. The molecule has 104 valence electrons. The topological polar surface area (TPSA) is 24.5 Å². The van der Waals surface area contributed by atoms with Crippen molar-refractivity contribution in [2.45, 2.75) is 6.54 Å². The Bertz CT molecular complexity index is 357. The summed E-state index contributed by atoms with van der Waals surface area (Å²) in [5.74, 6) is 0.759. The number of ether oxygens (including phenoxy) is 1. The van der Waals surface area contributed by atoms with Gasteiger partial charge in [-0.2, -0.15) is 0 Å². The average Bonchev–Trinajstić information content (AvgIpc) is 2.33. The lowest BCUT2D eigenvalue weighted by molar-refractivity contribution is 0.233. The summed E-state index contributed by atoms with van der Waals surface area (Å²) < 4.78 is 5.21. The van der Waals surface area contributed by atoms with Crippen molar-refractivity contribution >= 4 is 36.4 Å². The molecule has 1 aliphatic rings. The largest absolute Gasteiger partial charge is 0.495 e. The molecule has 1 fully saturated rings. The van der Waals surface area contributed by atoms with Crippen LogP contribution in [0.2, 0.25) is 5.02 Å². The average molecular weight is 314 g/mol. The van der Waals surface area contributed by atoms with Crippen molar-refractivity contribution in [2.75, 3.05) is 33.3 Å². The van der Waals surface area contributed by atoms with E-state index in [4.69, 9.17) is 16.3 Å². The molecule has 1 aliphatic heterocycles. The van der Waals surface area contributed by atoms with Gasteiger partial charge < -0.3 is 10.1 Å². The van der Waals surface area contributed by atoms with Crippen molar-refractivity contribution in [1.29, 1.82) is 0 Å². The molecule has 0 unspecified atom stereocenters. The van der Waals surface area contributed by atoms with Crippen LogP contribution in [0.3, 0.4) is 0 Å². The highest BCUT2D eigenvalue weighted by Gasteiger charge is 2.10. The van der Waals surface area contributed by atoms with E-state index in [0.29, 0.717) is 5.02 Å². The van der Waals surface area contributed by atoms with Crippen LogP contribution in [0.15, 0.2) is 18.2 Å². The second-order valence-electron chi connectivity index (χ2n) is 4.00. The molecule has 18 heavy (non-hydrogen) atoms. The van der Waals surface area contributed by atoms with Gasteiger partial charge in [0.1, 0.15) is 5.75 Å². The van der Waals surface area contributed by atoms with Gasteiger partial charge in [-0.05, 0) is 17.7 Å². The van der Waals surface area contributed by atoms with Crippen molar-refractivity contribution in [2.24, 2.45) is 0 Å². The summed E-state index contributed by atoms with van der Waals surface area (Å²) in [6.45, 7) is 5.32. The molecule has 0 aromatic heterocycles. The normalized spacial score (nSPS) is 15.4. The maximum absolute atomic E-state index is 5.99. The number of hydrogen-bond donors (Lipinski definition) is 1. The second-order valence-corrected chi connectivity index (χ2v) is 4.40. The number of rotatable bonds is 3. The van der Waals surface area contributed by atoms with Crippen LogP contribution in [0.5, 0.6) is 5.75 Å². The monoisotopic (exact) mass is 312 g/mol. The molecule has 0 radical (unpaired) electrons. The van der Waals surface area contributed by atoms with Crippen LogP contribution in [0.1, 0.15) is 5.56 Å². The van der Waals surface area contributed by atoms with Crippen LogP contribution < -0.4 is 10.1 Å². The van der Waals surface area contributed by atoms with Crippen LogP contribution in [0, 0.1) is 0 Å². The molecule has 0 amide bonds. The van der Waals surface area contributed by atoms with E-state index in [1.54, 1.807) is 7.11 Å². The Morgan fingerprint density at radius 1 is 1.28 bits per heavy atom. The number of halogens is 3. The molecule has 0 bridgehead atoms. The Hall–Kier alpha value is -0.190. The third-order valence-corrected chi connectivity index (χ3v) is 3.14. The van der Waals surface area contributed by atoms with Crippen molar-refractivity contribution in [3.8, 4) is 5.75 Å². The van der Waals surface area contributed by atoms with E-state index in [1.807, 2.05) is 12.1 Å². The lowest BCUT2D eigenvalue weighted by Gasteiger charge is -2.27. The SMILES string of the molecule is COc1cc(CN2CCNCC2)ccc1Cl.Cl.Cl. The van der Waals surface area contributed by atoms with Crippen LogP contribution in [-0.4, -0.2) is 38.2 Å². The summed E-state index contributed by atoms with van der Waals surface area (Å²) >= 11 is 5.99. The third kappa shape index (κ3) is 4.82. The van der Waals surface area contributed by atoms with Crippen LogP contribution in [-0.2, 0) is 6.54 Å². The Balaban J connectivity index is 0.00000144. The fraction of sp³-hybridized carbons (Fsp3) is 0.500. The molecule has 0 atom stereocenters. The summed E-state index contributed by atoms with van der Waals surface area (Å²) in [5, 5.41) is 4.02. The number of piperazine rings is 1. The van der Waals surface area contributed by atoms with Gasteiger partial charge in [-0.3, -0.25) is 4.90 Å². The molecule has 0 aliphatic carbocycles. The first-order valence-electron chi connectivity index (χ1n) is 5.55. The van der Waals surface area contributed by atoms with Crippen LogP contribution in [0.25, 0.3) is 0 Å². The van der Waals surface area contributed by atoms with Gasteiger partial charge in [0.2, 0.25) is 0 Å². The molecule has 1 aromatic rings. The Morgan fingerprint density at radius 3 is 2.56 bits per heavy atom. The molecule has 1 saturated heterocycles. The Kier molecular flexibility index (Phi) is 8.74. The highest BCUT2D eigenvalue weighted by molar-refractivity contribution is 6.32. The molecule has 1 aromatic carbocycles. The smallest absolute Gasteiger partial charge is 0.137 e. The zero-order valence-electron chi connectivity index (χ0n) is 10.3. The second kappa shape index (κ2) is 8.83. The van der Waals surface area contributed by atoms with Crippen LogP contribution >= 0.6 is 36.4 Å². The first-order chi connectivity index (χ1) is 7.79. The minimum atomic E-state index is 0. The predicted molar refractivity (Wildman–Crippen MR) is 80.6 cm³/mol. The summed E-state index contributed by atoms with van der Waals surface area (Å²) in [6, 6.07) is 5.98. The van der Waals surface area contributed by atoms with Crippen molar-refractivity contribution in [3.63, 3.8) is 0 Å². The highest BCUT2D eigenvalue weighted by atomic mass is 35.5. The van der Waals surface area contributed by atoms with Crippen molar-refractivity contribution in [3.05, 3.63) is 28.8 Å². The van der Waals surface area contributed by atoms with E-state index in [9.17, 15) is 0 Å². The molecular formula is C12H19Cl3N2O. The summed E-state index contributed by atoms with van der Waals surface area (Å²) in [6.07, 6.45) is 0. The molecular weight excluding hydrogens is 295 g/mol. The van der Waals surface area contributed by atoms with E-state index >= 15 is 0 Å². The number of methoxy groups -OCH3 is 1. The lowest BCUT2D eigenvalue weighted by Crippen LogP contribution is -2.42. The quantitative estimate of drug-likeness (QED) is 0.928. The zero-order valence-corrected chi connectivity index (χ0v) is 12.7. The number of nitrogens with zero attached hydrogens (tertiary/aromatic N) is 1. The Labute approximate surface area is 126 Å². The maximum Gasteiger partial charge on any atom is 0.137 e. The molecule has 1 heterocycles. The van der Waals surface area contributed by atoms with Gasteiger partial charge in [0.15, 0.2) is 0 Å². The summed E-state index contributed by atoms with van der Waals surface area (Å²) in [7, 11) is 1.65. The van der Waals surface area contributed by atoms with Gasteiger partial charge >= 0.3 is 0 Å². The van der Waals surface area contributed by atoms with E-state index < -0.39 is 0 Å². The molecule has 1 N–H and O–H groups in total. The first kappa shape index (κ1) is 17.8. The summed E-state index contributed by atoms with van der Waals surface area (Å²) in [4.78, 5) is 2.43. The standard InChI is InChI=1S/C12H17ClN2O.2ClH/c1-16-12-8-10(2-3-11(12)13)9-15-6-4-14-5-7-15;;/h2-3,8,14H,4-7,9H2,1H3;2*1H. The van der Waals surface area contributed by atoms with E-state index in [1.165, 1.54) is 5.56 Å². The number of benzene rings is 1. The minimum absolute atomic E-state index is 0. The molecule has 6 heteroatoms. The highest BCUT2D eigenvalue weighted by Crippen LogP contribution is 2.25. The van der Waals surface area contributed by atoms with Crippen molar-refractivity contribution < 1.29 is 4.74 Å². The summed E-state index contributed by atoms with van der Waals surface area (Å²) in [5.41, 5.74) is 1.25. The molecule has 0 saturated carbocycles. The lowest BCUT2D eigenvalue weighted by atomic mass is 10.2. The van der Waals surface area contributed by atoms with Gasteiger partial charge in [0.05, 0.1) is 12.1 Å². The molecule has 0 spiro atoms. The van der Waals surface area contributed by atoms with E-state index in [-0.39, 0.29) is 24.8 Å². The van der Waals surface area contributed by atoms with Gasteiger partial charge in [0.25, 0.3) is 0 Å². The van der Waals surface area contributed by atoms with E-state index in [0.717, 1.165) is 38.5 Å². The molecule has 2 rings (SSSR count). The maximum atomic E-state index is 5.99. The van der Waals surface area contributed by atoms with Gasteiger partial charge in [-0.1, -0.05) is 17.7 Å².